The SMILES string of the molecule is CCCNS(=O)(=O)NCc1cc(/C=C/C(=O)O)cs1. The Kier molecular flexibility index (Phi) is 6.16. The predicted molar refractivity (Wildman–Crippen MR) is 75.0 cm³/mol. The van der Waals surface area contributed by atoms with Gasteiger partial charge >= 0.3 is 5.97 Å². The van der Waals surface area contributed by atoms with Crippen molar-refractivity contribution >= 4 is 33.6 Å². The van der Waals surface area contributed by atoms with Crippen LogP contribution < -0.4 is 9.44 Å². The first-order valence-corrected chi connectivity index (χ1v) is 8.02. The minimum absolute atomic E-state index is 0.185. The molecule has 0 aromatic carbocycles. The maximum absolute atomic E-state index is 11.5. The van der Waals surface area contributed by atoms with Crippen molar-refractivity contribution < 1.29 is 18.3 Å². The Balaban J connectivity index is 2.53. The fourth-order valence-electron chi connectivity index (χ4n) is 1.20. The second-order valence-electron chi connectivity index (χ2n) is 3.74. The van der Waals surface area contributed by atoms with E-state index in [-0.39, 0.29) is 6.54 Å². The number of nitrogens with one attached hydrogen (secondary N) is 2. The van der Waals surface area contributed by atoms with E-state index >= 15 is 0 Å². The molecular formula is C11H16N2O4S2. The number of hydrogen-bond donors (Lipinski definition) is 3. The molecule has 0 saturated carbocycles. The largest absolute Gasteiger partial charge is 0.478 e. The van der Waals surface area contributed by atoms with E-state index in [1.165, 1.54) is 17.4 Å². The summed E-state index contributed by atoms with van der Waals surface area (Å²) in [5.74, 6) is -1.02. The molecule has 0 unspecified atom stereocenters. The van der Waals surface area contributed by atoms with Crippen molar-refractivity contribution in [1.29, 1.82) is 0 Å². The van der Waals surface area contributed by atoms with Gasteiger partial charge in [0.2, 0.25) is 0 Å². The van der Waals surface area contributed by atoms with E-state index in [9.17, 15) is 13.2 Å². The average Bonchev–Trinajstić information content (AvgIpc) is 2.80. The lowest BCUT2D eigenvalue weighted by atomic mass is 10.3. The summed E-state index contributed by atoms with van der Waals surface area (Å²) in [6, 6.07) is 1.74. The fraction of sp³-hybridized carbons (Fsp3) is 0.364. The molecule has 106 valence electrons. The Labute approximate surface area is 116 Å². The highest BCUT2D eigenvalue weighted by molar-refractivity contribution is 7.87. The second kappa shape index (κ2) is 7.39. The minimum Gasteiger partial charge on any atom is -0.478 e. The van der Waals surface area contributed by atoms with Crippen molar-refractivity contribution in [3.05, 3.63) is 28.0 Å². The van der Waals surface area contributed by atoms with Crippen LogP contribution in [-0.4, -0.2) is 26.0 Å². The molecule has 6 nitrogen and oxygen atoms in total. The second-order valence-corrected chi connectivity index (χ2v) is 6.32. The van der Waals surface area contributed by atoms with Crippen molar-refractivity contribution in [2.24, 2.45) is 0 Å². The van der Waals surface area contributed by atoms with Crippen LogP contribution in [-0.2, 0) is 21.5 Å². The molecule has 3 N–H and O–H groups in total. The number of carboxylic acid groups (broad SMARTS) is 1. The van der Waals surface area contributed by atoms with Crippen LogP contribution in [0, 0.1) is 0 Å². The summed E-state index contributed by atoms with van der Waals surface area (Å²) in [6.45, 7) is 2.46. The topological polar surface area (TPSA) is 95.5 Å². The number of hydrogen-bond acceptors (Lipinski definition) is 4. The van der Waals surface area contributed by atoms with Gasteiger partial charge in [-0.3, -0.25) is 0 Å². The highest BCUT2D eigenvalue weighted by Gasteiger charge is 2.08. The predicted octanol–water partition coefficient (Wildman–Crippen LogP) is 1.18. The van der Waals surface area contributed by atoms with Gasteiger partial charge in [0.25, 0.3) is 10.2 Å². The molecule has 0 aliphatic rings. The van der Waals surface area contributed by atoms with E-state index in [1.54, 1.807) is 11.4 Å². The summed E-state index contributed by atoms with van der Waals surface area (Å²) in [5, 5.41) is 10.3. The molecule has 0 aliphatic heterocycles. The molecule has 0 radical (unpaired) electrons. The van der Waals surface area contributed by atoms with Crippen LogP contribution in [0.4, 0.5) is 0 Å². The quantitative estimate of drug-likeness (QED) is 0.628. The van der Waals surface area contributed by atoms with Crippen molar-refractivity contribution in [3.63, 3.8) is 0 Å². The molecule has 0 bridgehead atoms. The maximum Gasteiger partial charge on any atom is 0.328 e. The number of carbonyl (C=O) groups is 1. The number of rotatable bonds is 8. The Morgan fingerprint density at radius 2 is 2.21 bits per heavy atom. The Morgan fingerprint density at radius 3 is 2.84 bits per heavy atom. The summed E-state index contributed by atoms with van der Waals surface area (Å²) in [5.41, 5.74) is 0.739. The van der Waals surface area contributed by atoms with E-state index < -0.39 is 16.2 Å². The third kappa shape index (κ3) is 6.48. The zero-order valence-electron chi connectivity index (χ0n) is 10.4. The zero-order valence-corrected chi connectivity index (χ0v) is 12.1. The first-order valence-electron chi connectivity index (χ1n) is 5.65. The molecule has 0 spiro atoms. The lowest BCUT2D eigenvalue weighted by Crippen LogP contribution is -2.36. The average molecular weight is 304 g/mol. The van der Waals surface area contributed by atoms with Crippen LogP contribution in [0.5, 0.6) is 0 Å². The molecule has 1 aromatic heterocycles. The molecule has 1 rings (SSSR count). The van der Waals surface area contributed by atoms with E-state index in [1.807, 2.05) is 6.92 Å². The monoisotopic (exact) mass is 304 g/mol. The smallest absolute Gasteiger partial charge is 0.328 e. The van der Waals surface area contributed by atoms with Crippen LogP contribution in [0.2, 0.25) is 0 Å². The first kappa shape index (κ1) is 15.8. The number of aliphatic carboxylic acids is 1. The van der Waals surface area contributed by atoms with Gasteiger partial charge in [0.15, 0.2) is 0 Å². The van der Waals surface area contributed by atoms with Gasteiger partial charge < -0.3 is 5.11 Å². The Hall–Kier alpha value is -1.22. The fourth-order valence-corrected chi connectivity index (χ4v) is 3.00. The van der Waals surface area contributed by atoms with E-state index in [0.29, 0.717) is 6.54 Å². The zero-order chi connectivity index (χ0) is 14.3. The van der Waals surface area contributed by atoms with Gasteiger partial charge in [-0.2, -0.15) is 13.1 Å². The van der Waals surface area contributed by atoms with Crippen molar-refractivity contribution in [3.8, 4) is 0 Å². The van der Waals surface area contributed by atoms with Gasteiger partial charge in [-0.05, 0) is 29.5 Å². The van der Waals surface area contributed by atoms with Gasteiger partial charge in [0.1, 0.15) is 0 Å². The van der Waals surface area contributed by atoms with Gasteiger partial charge in [-0.1, -0.05) is 6.92 Å². The van der Waals surface area contributed by atoms with Crippen LogP contribution in [0.15, 0.2) is 17.5 Å². The van der Waals surface area contributed by atoms with Crippen molar-refractivity contribution in [2.75, 3.05) is 6.54 Å². The molecule has 8 heteroatoms. The third-order valence-electron chi connectivity index (χ3n) is 2.07. The standard InChI is InChI=1S/C11H16N2O4S2/c1-2-5-12-19(16,17)13-7-10-6-9(8-18-10)3-4-11(14)15/h3-4,6,8,12-13H,2,5,7H2,1H3,(H,14,15)/b4-3+. The summed E-state index contributed by atoms with van der Waals surface area (Å²) in [6.07, 6.45) is 3.23. The first-order chi connectivity index (χ1) is 8.93. The lowest BCUT2D eigenvalue weighted by molar-refractivity contribution is -0.131. The molecule has 0 atom stereocenters. The van der Waals surface area contributed by atoms with E-state index in [4.69, 9.17) is 5.11 Å². The van der Waals surface area contributed by atoms with Gasteiger partial charge in [0.05, 0.1) is 0 Å². The molecule has 1 heterocycles. The minimum atomic E-state index is -3.46. The van der Waals surface area contributed by atoms with Crippen LogP contribution >= 0.6 is 11.3 Å². The molecule has 0 amide bonds. The summed E-state index contributed by atoms with van der Waals surface area (Å²) in [4.78, 5) is 11.2. The highest BCUT2D eigenvalue weighted by atomic mass is 32.2. The van der Waals surface area contributed by atoms with Crippen LogP contribution in [0.25, 0.3) is 6.08 Å². The van der Waals surface area contributed by atoms with Gasteiger partial charge in [-0.15, -0.1) is 11.3 Å². The lowest BCUT2D eigenvalue weighted by Gasteiger charge is -2.05. The summed E-state index contributed by atoms with van der Waals surface area (Å²) in [7, 11) is -3.46. The Morgan fingerprint density at radius 1 is 1.47 bits per heavy atom. The van der Waals surface area contributed by atoms with Crippen molar-refractivity contribution in [1.82, 2.24) is 9.44 Å². The normalized spacial score (nSPS) is 12.1. The van der Waals surface area contributed by atoms with Crippen LogP contribution in [0.3, 0.4) is 0 Å². The third-order valence-corrected chi connectivity index (χ3v) is 4.13. The highest BCUT2D eigenvalue weighted by Crippen LogP contribution is 2.15. The molecule has 0 fully saturated rings. The van der Waals surface area contributed by atoms with Crippen molar-refractivity contribution in [2.45, 2.75) is 19.9 Å². The molecular weight excluding hydrogens is 288 g/mol. The number of thiophene rings is 1. The Bertz CT molecular complexity index is 549. The molecule has 0 saturated heterocycles. The number of carboxylic acids is 1. The molecule has 19 heavy (non-hydrogen) atoms. The molecule has 1 aromatic rings. The van der Waals surface area contributed by atoms with E-state index in [0.717, 1.165) is 22.9 Å². The maximum atomic E-state index is 11.5. The van der Waals surface area contributed by atoms with E-state index in [2.05, 4.69) is 9.44 Å². The summed E-state index contributed by atoms with van der Waals surface area (Å²) >= 11 is 1.37. The van der Waals surface area contributed by atoms with Gasteiger partial charge in [0, 0.05) is 24.0 Å². The van der Waals surface area contributed by atoms with Crippen LogP contribution in [0.1, 0.15) is 23.8 Å². The summed E-state index contributed by atoms with van der Waals surface area (Å²) < 4.78 is 27.8. The van der Waals surface area contributed by atoms with Gasteiger partial charge in [-0.25, -0.2) is 9.52 Å². The molecule has 0 aliphatic carbocycles.